The third kappa shape index (κ3) is 6.11. The van der Waals surface area contributed by atoms with Crippen LogP contribution in [0.5, 0.6) is 5.75 Å². The predicted octanol–water partition coefficient (Wildman–Crippen LogP) is 2.41. The van der Waals surface area contributed by atoms with Gasteiger partial charge in [-0.15, -0.1) is 0 Å². The molecule has 0 aliphatic carbocycles. The van der Waals surface area contributed by atoms with E-state index in [0.29, 0.717) is 0 Å². The maximum atomic E-state index is 13.6. The lowest BCUT2D eigenvalue weighted by atomic mass is 9.99. The van der Waals surface area contributed by atoms with Gasteiger partial charge in [-0.1, -0.05) is 13.0 Å². The van der Waals surface area contributed by atoms with Crippen molar-refractivity contribution in [2.24, 2.45) is 5.92 Å². The van der Waals surface area contributed by atoms with Gasteiger partial charge in [-0.3, -0.25) is 14.6 Å². The van der Waals surface area contributed by atoms with Gasteiger partial charge in [0.2, 0.25) is 10.0 Å². The maximum Gasteiger partial charge on any atom is 0.275 e. The number of nitrogens with zero attached hydrogens (tertiary/aromatic N) is 4. The van der Waals surface area contributed by atoms with E-state index in [1.807, 2.05) is 0 Å². The van der Waals surface area contributed by atoms with E-state index in [9.17, 15) is 27.5 Å². The summed E-state index contributed by atoms with van der Waals surface area (Å²) >= 11 is 0. The van der Waals surface area contributed by atoms with Crippen LogP contribution in [-0.4, -0.2) is 83.4 Å². The average Bonchev–Trinajstić information content (AvgIpc) is 2.95. The van der Waals surface area contributed by atoms with Crippen molar-refractivity contribution < 1.29 is 32.2 Å². The first kappa shape index (κ1) is 29.1. The summed E-state index contributed by atoms with van der Waals surface area (Å²) in [6.45, 7) is 3.26. The molecule has 0 bridgehead atoms. The molecule has 11 nitrogen and oxygen atoms in total. The van der Waals surface area contributed by atoms with Crippen molar-refractivity contribution >= 4 is 27.5 Å². The fourth-order valence-electron chi connectivity index (χ4n) is 4.30. The number of fused-ring (bicyclic) bond motifs is 1. The molecule has 212 valence electrons. The summed E-state index contributed by atoms with van der Waals surface area (Å²) in [4.78, 5) is 35.8. The van der Waals surface area contributed by atoms with Crippen LogP contribution in [0.3, 0.4) is 0 Å². The van der Waals surface area contributed by atoms with Crippen molar-refractivity contribution in [3.05, 3.63) is 78.1 Å². The molecule has 0 radical (unpaired) electrons. The number of anilines is 1. The largest absolute Gasteiger partial charge is 0.486 e. The Hall–Kier alpha value is -3.94. The Kier molecular flexibility index (Phi) is 8.76. The number of hydrogen-bond donors (Lipinski definition) is 2. The Balaban J connectivity index is 1.72. The first-order chi connectivity index (χ1) is 19.0. The predicted molar refractivity (Wildman–Crippen MR) is 144 cm³/mol. The van der Waals surface area contributed by atoms with Crippen molar-refractivity contribution in [1.29, 1.82) is 0 Å². The summed E-state index contributed by atoms with van der Waals surface area (Å²) in [6.07, 6.45) is 3.30. The van der Waals surface area contributed by atoms with Crippen LogP contribution in [0.15, 0.2) is 66.0 Å². The number of likely N-dealkylation sites (N-methyl/N-ethyl adjacent to an activating group) is 1. The number of hydrogen-bond acceptors (Lipinski definition) is 8. The number of aliphatic hydroxyl groups is 1. The number of benzene rings is 2. The number of nitrogens with one attached hydrogen (secondary N) is 1. The highest BCUT2D eigenvalue weighted by Gasteiger charge is 2.36. The van der Waals surface area contributed by atoms with Crippen LogP contribution < -0.4 is 10.1 Å². The van der Waals surface area contributed by atoms with Gasteiger partial charge in [-0.2, -0.15) is 4.31 Å². The van der Waals surface area contributed by atoms with Gasteiger partial charge in [0, 0.05) is 31.9 Å². The molecule has 0 fully saturated rings. The molecule has 0 spiro atoms. The van der Waals surface area contributed by atoms with Gasteiger partial charge < -0.3 is 20.1 Å². The molecule has 0 saturated heterocycles. The van der Waals surface area contributed by atoms with Crippen LogP contribution in [0, 0.1) is 11.7 Å². The van der Waals surface area contributed by atoms with E-state index < -0.39 is 45.7 Å². The minimum absolute atomic E-state index is 0.0443. The zero-order valence-corrected chi connectivity index (χ0v) is 23.0. The zero-order chi connectivity index (χ0) is 29.0. The number of aliphatic hydroxyl groups excluding tert-OH is 1. The summed E-state index contributed by atoms with van der Waals surface area (Å²) in [7, 11) is -2.62. The second-order valence-electron chi connectivity index (χ2n) is 9.59. The molecule has 3 atom stereocenters. The first-order valence-electron chi connectivity index (χ1n) is 12.5. The van der Waals surface area contributed by atoms with E-state index in [-0.39, 0.29) is 47.3 Å². The molecule has 3 aromatic rings. The molecular weight excluding hydrogens is 541 g/mol. The van der Waals surface area contributed by atoms with E-state index in [1.54, 1.807) is 32.0 Å². The maximum absolute atomic E-state index is 13.6. The van der Waals surface area contributed by atoms with Crippen molar-refractivity contribution in [1.82, 2.24) is 19.2 Å². The van der Waals surface area contributed by atoms with E-state index in [4.69, 9.17) is 4.74 Å². The smallest absolute Gasteiger partial charge is 0.275 e. The third-order valence-corrected chi connectivity index (χ3v) is 8.53. The van der Waals surface area contributed by atoms with Gasteiger partial charge in [-0.25, -0.2) is 17.8 Å². The van der Waals surface area contributed by atoms with Gasteiger partial charge in [0.15, 0.2) is 5.75 Å². The topological polar surface area (TPSA) is 142 Å². The molecule has 0 unspecified atom stereocenters. The Morgan fingerprint density at radius 2 is 1.98 bits per heavy atom. The van der Waals surface area contributed by atoms with Gasteiger partial charge in [0.05, 0.1) is 41.5 Å². The summed E-state index contributed by atoms with van der Waals surface area (Å²) in [5.74, 6) is -1.90. The lowest BCUT2D eigenvalue weighted by Gasteiger charge is -2.38. The fraction of sp³-hybridized carbons (Fsp3) is 0.333. The molecule has 40 heavy (non-hydrogen) atoms. The fourth-order valence-corrected chi connectivity index (χ4v) is 5.48. The van der Waals surface area contributed by atoms with Gasteiger partial charge in [0.25, 0.3) is 11.8 Å². The number of carbonyl (C=O) groups excluding carboxylic acids is 2. The van der Waals surface area contributed by atoms with Crippen molar-refractivity contribution in [3.8, 4) is 5.75 Å². The summed E-state index contributed by atoms with van der Waals surface area (Å²) in [5.41, 5.74) is 0.363. The van der Waals surface area contributed by atoms with Crippen molar-refractivity contribution in [3.63, 3.8) is 0 Å². The summed E-state index contributed by atoms with van der Waals surface area (Å²) < 4.78 is 47.3. The zero-order valence-electron chi connectivity index (χ0n) is 22.2. The number of ether oxygens (including phenoxy) is 1. The first-order valence-corrected chi connectivity index (χ1v) is 14.0. The van der Waals surface area contributed by atoms with Crippen LogP contribution in [-0.2, 0) is 10.0 Å². The monoisotopic (exact) mass is 571 g/mol. The Labute approximate surface area is 231 Å². The van der Waals surface area contributed by atoms with Crippen LogP contribution in [0.2, 0.25) is 0 Å². The van der Waals surface area contributed by atoms with Gasteiger partial charge in [-0.05, 0) is 43.3 Å². The van der Waals surface area contributed by atoms with E-state index in [0.717, 1.165) is 16.4 Å². The number of aromatic nitrogens is 2. The Morgan fingerprint density at radius 3 is 2.62 bits per heavy atom. The minimum Gasteiger partial charge on any atom is -0.486 e. The highest BCUT2D eigenvalue weighted by Crippen LogP contribution is 2.35. The molecule has 2 N–H and O–H groups in total. The standard InChI is InChI=1S/C27H30FN5O6S/c1-17-14-33(18(2)16-34)27(36)21-5-4-6-22(31-26(35)23-13-29-11-12-30-23)25(21)39-24(17)15-32(3)40(37,38)20-9-7-19(28)8-10-20/h4-13,17-18,24,34H,14-16H2,1-3H3,(H,31,35)/t17-,18-,24-/m1/s1. The molecule has 1 aliphatic heterocycles. The molecule has 0 saturated carbocycles. The number of sulfonamides is 1. The molecule has 13 heteroatoms. The molecule has 1 aliphatic rings. The van der Waals surface area contributed by atoms with Gasteiger partial charge in [0.1, 0.15) is 17.6 Å². The third-order valence-electron chi connectivity index (χ3n) is 6.69. The molecular formula is C27H30FN5O6S. The number of carbonyl (C=O) groups is 2. The summed E-state index contributed by atoms with van der Waals surface area (Å²) in [5, 5.41) is 12.6. The summed E-state index contributed by atoms with van der Waals surface area (Å²) in [6, 6.07) is 8.64. The molecule has 2 amide bonds. The molecule has 1 aromatic heterocycles. The van der Waals surface area contributed by atoms with E-state index in [2.05, 4.69) is 15.3 Å². The SMILES string of the molecule is C[C@@H]1CN([C@H](C)CO)C(=O)c2cccc(NC(=O)c3cnccn3)c2O[C@@H]1CN(C)S(=O)(=O)c1ccc(F)cc1. The number of halogens is 1. The average molecular weight is 572 g/mol. The van der Waals surface area contributed by atoms with E-state index >= 15 is 0 Å². The van der Waals surface area contributed by atoms with Crippen molar-refractivity contribution in [2.45, 2.75) is 30.9 Å². The van der Waals surface area contributed by atoms with E-state index in [1.165, 1.54) is 42.7 Å². The van der Waals surface area contributed by atoms with Crippen LogP contribution >= 0.6 is 0 Å². The minimum atomic E-state index is -4.01. The highest BCUT2D eigenvalue weighted by atomic mass is 32.2. The molecule has 2 heterocycles. The van der Waals surface area contributed by atoms with Crippen molar-refractivity contribution in [2.75, 3.05) is 32.1 Å². The van der Waals surface area contributed by atoms with Crippen LogP contribution in [0.25, 0.3) is 0 Å². The number of para-hydroxylation sites is 1. The Morgan fingerprint density at radius 1 is 1.25 bits per heavy atom. The van der Waals surface area contributed by atoms with Gasteiger partial charge >= 0.3 is 0 Å². The second-order valence-corrected chi connectivity index (χ2v) is 11.6. The quantitative estimate of drug-likeness (QED) is 0.420. The lowest BCUT2D eigenvalue weighted by Crippen LogP contribution is -2.50. The molecule has 4 rings (SSSR count). The van der Waals surface area contributed by atoms with Crippen LogP contribution in [0.1, 0.15) is 34.7 Å². The second kappa shape index (κ2) is 12.1. The van der Waals surface area contributed by atoms with Crippen LogP contribution in [0.4, 0.5) is 10.1 Å². The lowest BCUT2D eigenvalue weighted by molar-refractivity contribution is 0.0388. The highest BCUT2D eigenvalue weighted by molar-refractivity contribution is 7.89. The normalized spacial score (nSPS) is 18.4. The number of amides is 2. The number of rotatable bonds is 8. The molecule has 2 aromatic carbocycles. The Bertz CT molecular complexity index is 1470.